The molecule has 1 unspecified atom stereocenters. The number of rotatable bonds is 5. The van der Waals surface area contributed by atoms with E-state index in [1.54, 1.807) is 0 Å². The first-order valence-electron chi connectivity index (χ1n) is 8.63. The van der Waals surface area contributed by atoms with Gasteiger partial charge in [0.2, 0.25) is 5.91 Å². The fraction of sp³-hybridized carbons (Fsp3) is 0.278. The second-order valence-corrected chi connectivity index (χ2v) is 8.68. The molecule has 2 aromatic rings. The molecule has 3 rings (SSSR count). The number of anilines is 1. The van der Waals surface area contributed by atoms with Crippen LogP contribution in [0.4, 0.5) is 18.9 Å². The number of carbonyl (C=O) groups excluding carboxylic acids is 1. The van der Waals surface area contributed by atoms with Crippen molar-refractivity contribution in [3.8, 4) is 5.75 Å². The minimum Gasteiger partial charge on any atom is -0.435 e. The normalized spacial score (nSPS) is 21.4. The number of hydrogen-bond donors (Lipinski definition) is 2. The number of hydrogen-bond acceptors (Lipinski definition) is 4. The SMILES string of the molecule is CN1C(C(=O)Nc2ccc(F)c(Cl)c2)C[C@@H](c2ccc(OC(F)F)cc2)NS1(=O)=O. The van der Waals surface area contributed by atoms with E-state index in [4.69, 9.17) is 11.6 Å². The minimum atomic E-state index is -4.00. The summed E-state index contributed by atoms with van der Waals surface area (Å²) in [7, 11) is -2.75. The molecule has 0 saturated carbocycles. The molecule has 2 aromatic carbocycles. The van der Waals surface area contributed by atoms with Crippen molar-refractivity contribution in [3.63, 3.8) is 0 Å². The van der Waals surface area contributed by atoms with E-state index in [-0.39, 0.29) is 22.9 Å². The van der Waals surface area contributed by atoms with Crippen molar-refractivity contribution >= 4 is 33.4 Å². The van der Waals surface area contributed by atoms with Gasteiger partial charge in [-0.3, -0.25) is 4.79 Å². The van der Waals surface area contributed by atoms with Crippen molar-refractivity contribution in [2.75, 3.05) is 12.4 Å². The molecule has 1 fully saturated rings. The number of benzene rings is 2. The molecule has 0 spiro atoms. The summed E-state index contributed by atoms with van der Waals surface area (Å²) in [4.78, 5) is 12.7. The molecule has 0 aliphatic carbocycles. The lowest BCUT2D eigenvalue weighted by Crippen LogP contribution is -2.55. The first-order valence-corrected chi connectivity index (χ1v) is 10.4. The first-order chi connectivity index (χ1) is 14.1. The average Bonchev–Trinajstić information content (AvgIpc) is 2.67. The Morgan fingerprint density at radius 3 is 2.53 bits per heavy atom. The molecular formula is C18H17ClF3N3O4S. The van der Waals surface area contributed by atoms with Crippen LogP contribution in [0.1, 0.15) is 18.0 Å². The molecule has 2 atom stereocenters. The lowest BCUT2D eigenvalue weighted by Gasteiger charge is -2.36. The van der Waals surface area contributed by atoms with Crippen molar-refractivity contribution in [1.82, 2.24) is 9.03 Å². The molecule has 0 bridgehead atoms. The van der Waals surface area contributed by atoms with E-state index in [9.17, 15) is 26.4 Å². The van der Waals surface area contributed by atoms with Gasteiger partial charge in [-0.05, 0) is 42.3 Å². The predicted molar refractivity (Wildman–Crippen MR) is 104 cm³/mol. The summed E-state index contributed by atoms with van der Waals surface area (Å²) in [6.07, 6.45) is 0.0611. The fourth-order valence-corrected chi connectivity index (χ4v) is 4.46. The average molecular weight is 464 g/mol. The lowest BCUT2D eigenvalue weighted by molar-refractivity contribution is -0.120. The van der Waals surface area contributed by atoms with Crippen LogP contribution in [-0.4, -0.2) is 38.3 Å². The van der Waals surface area contributed by atoms with Crippen LogP contribution < -0.4 is 14.8 Å². The number of likely N-dealkylation sites (N-methyl/N-ethyl adjacent to an activating group) is 1. The molecule has 1 amide bonds. The predicted octanol–water partition coefficient (Wildman–Crippen LogP) is 3.30. The summed E-state index contributed by atoms with van der Waals surface area (Å²) in [5.74, 6) is -1.37. The zero-order chi connectivity index (χ0) is 22.1. The van der Waals surface area contributed by atoms with Crippen molar-refractivity contribution in [1.29, 1.82) is 0 Å². The fourth-order valence-electron chi connectivity index (χ4n) is 3.01. The van der Waals surface area contributed by atoms with Gasteiger partial charge in [-0.25, -0.2) is 4.39 Å². The van der Waals surface area contributed by atoms with Gasteiger partial charge < -0.3 is 10.1 Å². The summed E-state index contributed by atoms with van der Waals surface area (Å²) in [5.41, 5.74) is 0.677. The lowest BCUT2D eigenvalue weighted by atomic mass is 9.99. The molecule has 1 aliphatic heterocycles. The number of nitrogens with one attached hydrogen (secondary N) is 2. The molecule has 2 N–H and O–H groups in total. The van der Waals surface area contributed by atoms with E-state index in [1.165, 1.54) is 43.4 Å². The highest BCUT2D eigenvalue weighted by Crippen LogP contribution is 2.30. The summed E-state index contributed by atoms with van der Waals surface area (Å²) in [5, 5.41) is 2.33. The van der Waals surface area contributed by atoms with Crippen LogP contribution in [0.2, 0.25) is 5.02 Å². The molecule has 7 nitrogen and oxygen atoms in total. The Bertz CT molecular complexity index is 1040. The maximum Gasteiger partial charge on any atom is 0.387 e. The number of alkyl halides is 2. The number of carbonyl (C=O) groups is 1. The van der Waals surface area contributed by atoms with Gasteiger partial charge in [-0.1, -0.05) is 23.7 Å². The monoisotopic (exact) mass is 463 g/mol. The van der Waals surface area contributed by atoms with E-state index >= 15 is 0 Å². The van der Waals surface area contributed by atoms with Gasteiger partial charge in [0.25, 0.3) is 10.2 Å². The first kappa shape index (κ1) is 22.3. The van der Waals surface area contributed by atoms with Crippen LogP contribution in [0, 0.1) is 5.82 Å². The van der Waals surface area contributed by atoms with Gasteiger partial charge in [-0.2, -0.15) is 26.2 Å². The highest BCUT2D eigenvalue weighted by molar-refractivity contribution is 7.87. The van der Waals surface area contributed by atoms with Crippen LogP contribution in [0.3, 0.4) is 0 Å². The van der Waals surface area contributed by atoms with Crippen LogP contribution >= 0.6 is 11.6 Å². The van der Waals surface area contributed by atoms with Crippen LogP contribution in [0.25, 0.3) is 0 Å². The number of amides is 1. The van der Waals surface area contributed by atoms with E-state index < -0.39 is 40.6 Å². The largest absolute Gasteiger partial charge is 0.435 e. The topological polar surface area (TPSA) is 87.7 Å². The van der Waals surface area contributed by atoms with E-state index in [2.05, 4.69) is 14.8 Å². The third kappa shape index (κ3) is 5.04. The Morgan fingerprint density at radius 1 is 1.27 bits per heavy atom. The molecule has 162 valence electrons. The number of ether oxygens (including phenoxy) is 1. The summed E-state index contributed by atoms with van der Waals surface area (Å²) in [6.45, 7) is -2.98. The van der Waals surface area contributed by atoms with Crippen molar-refractivity contribution in [3.05, 3.63) is 58.9 Å². The van der Waals surface area contributed by atoms with Gasteiger partial charge >= 0.3 is 6.61 Å². The molecule has 1 saturated heterocycles. The molecule has 0 radical (unpaired) electrons. The quantitative estimate of drug-likeness (QED) is 0.712. The summed E-state index contributed by atoms with van der Waals surface area (Å²) in [6, 6.07) is 7.16. The zero-order valence-corrected chi connectivity index (χ0v) is 17.1. The van der Waals surface area contributed by atoms with E-state index in [1.807, 2.05) is 0 Å². The Kier molecular flexibility index (Phi) is 6.56. The summed E-state index contributed by atoms with van der Waals surface area (Å²) < 4.78 is 70.5. The maximum absolute atomic E-state index is 13.3. The third-order valence-corrected chi connectivity index (χ3v) is 6.45. The number of halogens is 4. The second-order valence-electron chi connectivity index (χ2n) is 6.51. The maximum atomic E-state index is 13.3. The Hall–Kier alpha value is -2.34. The second kappa shape index (κ2) is 8.80. The smallest absolute Gasteiger partial charge is 0.387 e. The molecule has 1 heterocycles. The molecule has 1 aliphatic rings. The number of nitrogens with zero attached hydrogens (tertiary/aromatic N) is 1. The molecule has 0 aromatic heterocycles. The van der Waals surface area contributed by atoms with E-state index in [0.29, 0.717) is 5.56 Å². The van der Waals surface area contributed by atoms with Crippen LogP contribution in [0.5, 0.6) is 5.75 Å². The van der Waals surface area contributed by atoms with Crippen molar-refractivity contribution < 1.29 is 31.1 Å². The molecule has 30 heavy (non-hydrogen) atoms. The van der Waals surface area contributed by atoms with Gasteiger partial charge in [0.1, 0.15) is 17.6 Å². The highest BCUT2D eigenvalue weighted by Gasteiger charge is 2.40. The third-order valence-electron chi connectivity index (χ3n) is 4.57. The van der Waals surface area contributed by atoms with Crippen LogP contribution in [-0.2, 0) is 15.0 Å². The highest BCUT2D eigenvalue weighted by atomic mass is 35.5. The van der Waals surface area contributed by atoms with Gasteiger partial charge in [0.05, 0.1) is 5.02 Å². The zero-order valence-electron chi connectivity index (χ0n) is 15.5. The summed E-state index contributed by atoms with van der Waals surface area (Å²) >= 11 is 5.70. The van der Waals surface area contributed by atoms with E-state index in [0.717, 1.165) is 10.4 Å². The Balaban J connectivity index is 1.80. The molecular weight excluding hydrogens is 447 g/mol. The van der Waals surface area contributed by atoms with Gasteiger partial charge in [0.15, 0.2) is 0 Å². The van der Waals surface area contributed by atoms with Crippen molar-refractivity contribution in [2.24, 2.45) is 0 Å². The Labute approximate surface area is 176 Å². The minimum absolute atomic E-state index is 0.0611. The van der Waals surface area contributed by atoms with Gasteiger partial charge in [-0.15, -0.1) is 0 Å². The Morgan fingerprint density at radius 2 is 1.93 bits per heavy atom. The van der Waals surface area contributed by atoms with Crippen molar-refractivity contribution in [2.45, 2.75) is 25.1 Å². The van der Waals surface area contributed by atoms with Crippen LogP contribution in [0.15, 0.2) is 42.5 Å². The van der Waals surface area contributed by atoms with Gasteiger partial charge in [0, 0.05) is 18.8 Å². The standard InChI is InChI=1S/C18H17ClF3N3O4S/c1-25-16(17(26)23-11-4-7-14(20)13(19)8-11)9-15(24-30(25,27)28)10-2-5-12(6-3-10)29-18(21)22/h2-8,15-16,18,24H,9H2,1H3,(H,23,26)/t15-,16?/m0/s1. The molecule has 12 heteroatoms.